The van der Waals surface area contributed by atoms with Crippen LogP contribution in [0.3, 0.4) is 0 Å². The fraction of sp³-hybridized carbons (Fsp3) is 0.300. The summed E-state index contributed by atoms with van der Waals surface area (Å²) in [5.74, 6) is -0.598. The molecule has 0 aliphatic carbocycles. The van der Waals surface area contributed by atoms with Crippen molar-refractivity contribution in [2.24, 2.45) is 0 Å². The third-order valence-corrected chi connectivity index (χ3v) is 5.08. The Labute approximate surface area is 166 Å². The Kier molecular flexibility index (Phi) is 5.03. The number of imide groups is 1. The average Bonchev–Trinajstić information content (AvgIpc) is 3.37. The van der Waals surface area contributed by atoms with E-state index in [0.29, 0.717) is 37.3 Å². The summed E-state index contributed by atoms with van der Waals surface area (Å²) in [4.78, 5) is 53.6. The molecule has 1 aromatic heterocycles. The van der Waals surface area contributed by atoms with Crippen LogP contribution in [0, 0.1) is 0 Å². The Bertz CT molecular complexity index is 913. The van der Waals surface area contributed by atoms with Crippen LogP contribution in [-0.2, 0) is 0 Å². The lowest BCUT2D eigenvalue weighted by Crippen LogP contribution is -2.53. The van der Waals surface area contributed by atoms with E-state index in [0.717, 1.165) is 4.90 Å². The molecule has 3 heterocycles. The highest BCUT2D eigenvalue weighted by molar-refractivity contribution is 6.21. The van der Waals surface area contributed by atoms with Gasteiger partial charge in [0.25, 0.3) is 17.7 Å². The topological polar surface area (TPSA) is 103 Å². The van der Waals surface area contributed by atoms with Gasteiger partial charge in [0.2, 0.25) is 0 Å². The fourth-order valence-corrected chi connectivity index (χ4v) is 3.50. The molecule has 1 saturated heterocycles. The summed E-state index contributed by atoms with van der Waals surface area (Å²) >= 11 is 0. The number of nitrogens with zero attached hydrogens (tertiary/aromatic N) is 3. The van der Waals surface area contributed by atoms with Crippen molar-refractivity contribution in [3.8, 4) is 0 Å². The molecule has 2 aliphatic heterocycles. The van der Waals surface area contributed by atoms with Crippen LogP contribution in [0.1, 0.15) is 31.3 Å². The van der Waals surface area contributed by atoms with E-state index in [9.17, 15) is 19.2 Å². The maximum atomic E-state index is 12.4. The van der Waals surface area contributed by atoms with Crippen molar-refractivity contribution >= 4 is 23.8 Å². The van der Waals surface area contributed by atoms with Crippen LogP contribution >= 0.6 is 0 Å². The van der Waals surface area contributed by atoms with Crippen LogP contribution in [-0.4, -0.2) is 77.7 Å². The van der Waals surface area contributed by atoms with Gasteiger partial charge in [-0.15, -0.1) is 0 Å². The Hall–Kier alpha value is -3.62. The summed E-state index contributed by atoms with van der Waals surface area (Å²) in [5.41, 5.74) is 0.780. The standard InChI is InChI=1S/C20H20N4O5/c25-17-14-4-1-2-5-15(14)18(26)24(17)8-7-21-20(28)23-11-9-22(10-12-23)19(27)16-6-3-13-29-16/h1-6,13H,7-12H2,(H,21,28). The summed E-state index contributed by atoms with van der Waals surface area (Å²) < 4.78 is 5.12. The van der Waals surface area contributed by atoms with Gasteiger partial charge in [0.15, 0.2) is 5.76 Å². The second kappa shape index (κ2) is 7.78. The molecule has 29 heavy (non-hydrogen) atoms. The molecular weight excluding hydrogens is 376 g/mol. The van der Waals surface area contributed by atoms with Gasteiger partial charge in [-0.25, -0.2) is 4.79 Å². The van der Waals surface area contributed by atoms with E-state index in [1.807, 2.05) is 0 Å². The Balaban J connectivity index is 1.24. The van der Waals surface area contributed by atoms with E-state index in [4.69, 9.17) is 4.42 Å². The van der Waals surface area contributed by atoms with Crippen LogP contribution in [0.2, 0.25) is 0 Å². The molecule has 9 heteroatoms. The number of rotatable bonds is 4. The molecule has 0 atom stereocenters. The minimum absolute atomic E-state index is 0.106. The first kappa shape index (κ1) is 18.7. The van der Waals surface area contributed by atoms with E-state index >= 15 is 0 Å². The highest BCUT2D eigenvalue weighted by Gasteiger charge is 2.34. The lowest BCUT2D eigenvalue weighted by molar-refractivity contribution is 0.0633. The molecule has 9 nitrogen and oxygen atoms in total. The monoisotopic (exact) mass is 396 g/mol. The summed E-state index contributed by atoms with van der Waals surface area (Å²) in [6, 6.07) is 9.66. The summed E-state index contributed by atoms with van der Waals surface area (Å²) in [6.07, 6.45) is 1.45. The highest BCUT2D eigenvalue weighted by Crippen LogP contribution is 2.21. The van der Waals surface area contributed by atoms with Crippen molar-refractivity contribution in [1.29, 1.82) is 0 Å². The number of piperazine rings is 1. The Morgan fingerprint density at radius 2 is 1.52 bits per heavy atom. The van der Waals surface area contributed by atoms with E-state index in [-0.39, 0.29) is 42.6 Å². The van der Waals surface area contributed by atoms with Crippen molar-refractivity contribution in [3.05, 3.63) is 59.5 Å². The number of carbonyl (C=O) groups excluding carboxylic acids is 4. The SMILES string of the molecule is O=C(NCCN1C(=O)c2ccccc2C1=O)N1CCN(C(=O)c2ccco2)CC1. The lowest BCUT2D eigenvalue weighted by atomic mass is 10.1. The van der Waals surface area contributed by atoms with Gasteiger partial charge in [-0.05, 0) is 24.3 Å². The molecule has 0 unspecified atom stereocenters. The van der Waals surface area contributed by atoms with E-state index < -0.39 is 0 Å². The van der Waals surface area contributed by atoms with Crippen molar-refractivity contribution in [1.82, 2.24) is 20.0 Å². The van der Waals surface area contributed by atoms with Crippen molar-refractivity contribution < 1.29 is 23.6 Å². The Morgan fingerprint density at radius 1 is 0.897 bits per heavy atom. The number of furan rings is 1. The molecule has 2 aliphatic rings. The van der Waals surface area contributed by atoms with E-state index in [2.05, 4.69) is 5.32 Å². The van der Waals surface area contributed by atoms with Crippen LogP contribution in [0.5, 0.6) is 0 Å². The first-order valence-corrected chi connectivity index (χ1v) is 9.37. The van der Waals surface area contributed by atoms with Gasteiger partial charge >= 0.3 is 6.03 Å². The molecule has 1 N–H and O–H groups in total. The maximum absolute atomic E-state index is 12.4. The zero-order valence-corrected chi connectivity index (χ0v) is 15.7. The Morgan fingerprint density at radius 3 is 2.10 bits per heavy atom. The molecule has 0 saturated carbocycles. The number of urea groups is 1. The van der Waals surface area contributed by atoms with Crippen LogP contribution < -0.4 is 5.32 Å². The molecular formula is C20H20N4O5. The normalized spacial score (nSPS) is 16.2. The maximum Gasteiger partial charge on any atom is 0.317 e. The minimum atomic E-state index is -0.343. The zero-order valence-electron chi connectivity index (χ0n) is 15.7. The van der Waals surface area contributed by atoms with Gasteiger partial charge in [0.05, 0.1) is 17.4 Å². The number of hydrogen-bond donors (Lipinski definition) is 1. The minimum Gasteiger partial charge on any atom is -0.459 e. The summed E-state index contributed by atoms with van der Waals surface area (Å²) in [7, 11) is 0. The van der Waals surface area contributed by atoms with Gasteiger partial charge in [-0.3, -0.25) is 19.3 Å². The number of carbonyl (C=O) groups is 4. The van der Waals surface area contributed by atoms with Crippen LogP contribution in [0.4, 0.5) is 4.79 Å². The average molecular weight is 396 g/mol. The number of hydrogen-bond acceptors (Lipinski definition) is 5. The van der Waals surface area contributed by atoms with Crippen LogP contribution in [0.25, 0.3) is 0 Å². The van der Waals surface area contributed by atoms with Gasteiger partial charge in [-0.1, -0.05) is 12.1 Å². The number of amides is 5. The first-order valence-electron chi connectivity index (χ1n) is 9.37. The summed E-state index contributed by atoms with van der Waals surface area (Å²) in [6.45, 7) is 1.87. The first-order chi connectivity index (χ1) is 14.1. The van der Waals surface area contributed by atoms with Crippen molar-refractivity contribution in [3.63, 3.8) is 0 Å². The predicted octanol–water partition coefficient (Wildman–Crippen LogP) is 1.04. The molecule has 0 bridgehead atoms. The number of fused-ring (bicyclic) bond motifs is 1. The number of nitrogens with one attached hydrogen (secondary N) is 1. The molecule has 1 aromatic carbocycles. The summed E-state index contributed by atoms with van der Waals surface area (Å²) in [5, 5.41) is 2.74. The zero-order chi connectivity index (χ0) is 20.4. The van der Waals surface area contributed by atoms with Gasteiger partial charge in [0.1, 0.15) is 0 Å². The van der Waals surface area contributed by atoms with Crippen molar-refractivity contribution in [2.45, 2.75) is 0 Å². The largest absolute Gasteiger partial charge is 0.459 e. The van der Waals surface area contributed by atoms with E-state index in [1.54, 1.807) is 46.2 Å². The van der Waals surface area contributed by atoms with E-state index in [1.165, 1.54) is 6.26 Å². The molecule has 0 radical (unpaired) electrons. The second-order valence-electron chi connectivity index (χ2n) is 6.80. The van der Waals surface area contributed by atoms with Gasteiger partial charge < -0.3 is 19.5 Å². The number of benzene rings is 1. The quantitative estimate of drug-likeness (QED) is 0.778. The molecule has 150 valence electrons. The molecule has 1 fully saturated rings. The third kappa shape index (κ3) is 3.58. The van der Waals surface area contributed by atoms with Gasteiger partial charge in [-0.2, -0.15) is 0 Å². The highest BCUT2D eigenvalue weighted by atomic mass is 16.3. The molecule has 0 spiro atoms. The molecule has 4 rings (SSSR count). The fourth-order valence-electron chi connectivity index (χ4n) is 3.50. The van der Waals surface area contributed by atoms with Crippen molar-refractivity contribution in [2.75, 3.05) is 39.3 Å². The van der Waals surface area contributed by atoms with Crippen LogP contribution in [0.15, 0.2) is 47.1 Å². The molecule has 2 aromatic rings. The third-order valence-electron chi connectivity index (χ3n) is 5.08. The predicted molar refractivity (Wildman–Crippen MR) is 101 cm³/mol. The second-order valence-corrected chi connectivity index (χ2v) is 6.80. The smallest absolute Gasteiger partial charge is 0.317 e. The van der Waals surface area contributed by atoms with Gasteiger partial charge in [0, 0.05) is 39.3 Å². The molecule has 5 amide bonds. The lowest BCUT2D eigenvalue weighted by Gasteiger charge is -2.34.